The lowest BCUT2D eigenvalue weighted by atomic mass is 10.2. The van der Waals surface area contributed by atoms with Crippen molar-refractivity contribution < 1.29 is 18.0 Å². The Labute approximate surface area is 117 Å². The lowest BCUT2D eigenvalue weighted by Gasteiger charge is -2.09. The molecule has 1 amide bonds. The molecule has 3 nitrogen and oxygen atoms in total. The van der Waals surface area contributed by atoms with Gasteiger partial charge in [-0.1, -0.05) is 11.6 Å². The molecule has 2 aromatic rings. The van der Waals surface area contributed by atoms with Crippen molar-refractivity contribution in [1.82, 2.24) is 4.98 Å². The van der Waals surface area contributed by atoms with Gasteiger partial charge >= 0.3 is 6.18 Å². The van der Waals surface area contributed by atoms with Crippen LogP contribution < -0.4 is 5.32 Å². The minimum atomic E-state index is -4.41. The van der Waals surface area contributed by atoms with Crippen LogP contribution in [0.1, 0.15) is 15.9 Å². The highest BCUT2D eigenvalue weighted by atomic mass is 35.5. The maximum Gasteiger partial charge on any atom is 0.416 e. The molecule has 0 aliphatic rings. The number of carbonyl (C=O) groups is 1. The van der Waals surface area contributed by atoms with Gasteiger partial charge in [0, 0.05) is 18.1 Å². The fourth-order valence-electron chi connectivity index (χ4n) is 1.49. The molecule has 0 radical (unpaired) electrons. The van der Waals surface area contributed by atoms with Crippen molar-refractivity contribution in [1.29, 1.82) is 0 Å². The van der Waals surface area contributed by atoms with Crippen LogP contribution in [0.4, 0.5) is 18.9 Å². The number of pyridine rings is 1. The van der Waals surface area contributed by atoms with E-state index in [9.17, 15) is 18.0 Å². The summed E-state index contributed by atoms with van der Waals surface area (Å²) < 4.78 is 37.2. The second kappa shape index (κ2) is 5.50. The number of aromatic nitrogens is 1. The molecule has 0 aliphatic carbocycles. The first-order chi connectivity index (χ1) is 9.38. The lowest BCUT2D eigenvalue weighted by Crippen LogP contribution is -2.13. The SMILES string of the molecule is O=C(Nc1ccc(C(F)(F)F)cc1)c1cnccc1Cl. The molecule has 0 atom stereocenters. The number of halogens is 4. The molecule has 0 spiro atoms. The van der Waals surface area contributed by atoms with Crippen LogP contribution in [0.25, 0.3) is 0 Å². The predicted molar refractivity (Wildman–Crippen MR) is 68.6 cm³/mol. The fourth-order valence-corrected chi connectivity index (χ4v) is 1.68. The van der Waals surface area contributed by atoms with Crippen LogP contribution in [-0.2, 0) is 6.18 Å². The Balaban J connectivity index is 2.15. The molecule has 0 saturated heterocycles. The molecule has 7 heteroatoms. The van der Waals surface area contributed by atoms with Crippen LogP contribution in [0.2, 0.25) is 5.02 Å². The first-order valence-electron chi connectivity index (χ1n) is 5.46. The van der Waals surface area contributed by atoms with Crippen LogP contribution >= 0.6 is 11.6 Å². The van der Waals surface area contributed by atoms with E-state index in [1.165, 1.54) is 30.6 Å². The Bertz CT molecular complexity index is 626. The average molecular weight is 301 g/mol. The maximum atomic E-state index is 12.4. The Morgan fingerprint density at radius 2 is 1.80 bits per heavy atom. The van der Waals surface area contributed by atoms with E-state index in [4.69, 9.17) is 11.6 Å². The van der Waals surface area contributed by atoms with E-state index < -0.39 is 17.6 Å². The Morgan fingerprint density at radius 3 is 2.35 bits per heavy atom. The molecular weight excluding hydrogens is 293 g/mol. The zero-order valence-electron chi connectivity index (χ0n) is 9.91. The van der Waals surface area contributed by atoms with E-state index in [0.29, 0.717) is 0 Å². The lowest BCUT2D eigenvalue weighted by molar-refractivity contribution is -0.137. The summed E-state index contributed by atoms with van der Waals surface area (Å²) in [6.07, 6.45) is -1.70. The zero-order chi connectivity index (χ0) is 14.8. The van der Waals surface area contributed by atoms with E-state index in [0.717, 1.165) is 12.1 Å². The van der Waals surface area contributed by atoms with Gasteiger partial charge in [0.05, 0.1) is 16.1 Å². The zero-order valence-corrected chi connectivity index (χ0v) is 10.7. The molecular formula is C13H8ClF3N2O. The number of alkyl halides is 3. The minimum absolute atomic E-state index is 0.147. The van der Waals surface area contributed by atoms with Gasteiger partial charge < -0.3 is 5.32 Å². The summed E-state index contributed by atoms with van der Waals surface area (Å²) in [6.45, 7) is 0. The van der Waals surface area contributed by atoms with Crippen molar-refractivity contribution in [3.05, 3.63) is 58.9 Å². The number of nitrogens with one attached hydrogen (secondary N) is 1. The number of amides is 1. The fraction of sp³-hybridized carbons (Fsp3) is 0.0769. The number of anilines is 1. The van der Waals surface area contributed by atoms with Gasteiger partial charge in [0.15, 0.2) is 0 Å². The van der Waals surface area contributed by atoms with E-state index >= 15 is 0 Å². The molecule has 2 rings (SSSR count). The first kappa shape index (κ1) is 14.3. The van der Waals surface area contributed by atoms with E-state index in [1.54, 1.807) is 0 Å². The molecule has 0 saturated carbocycles. The van der Waals surface area contributed by atoms with Crippen molar-refractivity contribution in [3.8, 4) is 0 Å². The van der Waals surface area contributed by atoms with Crippen LogP contribution in [0.5, 0.6) is 0 Å². The van der Waals surface area contributed by atoms with Crippen LogP contribution in [0.3, 0.4) is 0 Å². The van der Waals surface area contributed by atoms with Crippen LogP contribution in [0.15, 0.2) is 42.7 Å². The van der Waals surface area contributed by atoms with E-state index in [1.807, 2.05) is 0 Å². The van der Waals surface area contributed by atoms with Gasteiger partial charge in [-0.15, -0.1) is 0 Å². The molecule has 0 fully saturated rings. The van der Waals surface area contributed by atoms with Gasteiger partial charge in [0.1, 0.15) is 0 Å². The minimum Gasteiger partial charge on any atom is -0.322 e. The summed E-state index contributed by atoms with van der Waals surface area (Å²) in [4.78, 5) is 15.6. The molecule has 20 heavy (non-hydrogen) atoms. The summed E-state index contributed by atoms with van der Waals surface area (Å²) in [7, 11) is 0. The summed E-state index contributed by atoms with van der Waals surface area (Å²) in [5.74, 6) is -0.539. The van der Waals surface area contributed by atoms with Gasteiger partial charge in [-0.05, 0) is 30.3 Å². The Morgan fingerprint density at radius 1 is 1.15 bits per heavy atom. The van der Waals surface area contributed by atoms with E-state index in [-0.39, 0.29) is 16.3 Å². The third-order valence-corrected chi connectivity index (χ3v) is 2.81. The molecule has 1 aromatic heterocycles. The van der Waals surface area contributed by atoms with Crippen molar-refractivity contribution in [2.45, 2.75) is 6.18 Å². The number of hydrogen-bond acceptors (Lipinski definition) is 2. The summed E-state index contributed by atoms with van der Waals surface area (Å²) in [6, 6.07) is 5.57. The predicted octanol–water partition coefficient (Wildman–Crippen LogP) is 4.01. The second-order valence-corrected chi connectivity index (χ2v) is 4.29. The topological polar surface area (TPSA) is 42.0 Å². The number of rotatable bonds is 2. The molecule has 1 N–H and O–H groups in total. The van der Waals surface area contributed by atoms with Gasteiger partial charge in [0.25, 0.3) is 5.91 Å². The third-order valence-electron chi connectivity index (χ3n) is 2.48. The smallest absolute Gasteiger partial charge is 0.322 e. The third kappa shape index (κ3) is 3.27. The summed E-state index contributed by atoms with van der Waals surface area (Å²) >= 11 is 5.82. The quantitative estimate of drug-likeness (QED) is 0.910. The van der Waals surface area contributed by atoms with Crippen molar-refractivity contribution in [2.75, 3.05) is 5.32 Å². The highest BCUT2D eigenvalue weighted by molar-refractivity contribution is 6.34. The molecule has 104 valence electrons. The second-order valence-electron chi connectivity index (χ2n) is 3.88. The normalized spacial score (nSPS) is 11.2. The highest BCUT2D eigenvalue weighted by Crippen LogP contribution is 2.29. The Kier molecular flexibility index (Phi) is 3.94. The summed E-state index contributed by atoms with van der Waals surface area (Å²) in [5, 5.41) is 2.66. The molecule has 1 aromatic carbocycles. The number of benzene rings is 1. The highest BCUT2D eigenvalue weighted by Gasteiger charge is 2.30. The number of hydrogen-bond donors (Lipinski definition) is 1. The Hall–Kier alpha value is -2.08. The largest absolute Gasteiger partial charge is 0.416 e. The van der Waals surface area contributed by atoms with Gasteiger partial charge in [-0.25, -0.2) is 0 Å². The summed E-state index contributed by atoms with van der Waals surface area (Å²) in [5.41, 5.74) is -0.396. The molecule has 0 unspecified atom stereocenters. The van der Waals surface area contributed by atoms with Gasteiger partial charge in [-0.2, -0.15) is 13.2 Å². The molecule has 0 bridgehead atoms. The average Bonchev–Trinajstić information content (AvgIpc) is 2.38. The van der Waals surface area contributed by atoms with Gasteiger partial charge in [0.2, 0.25) is 0 Å². The van der Waals surface area contributed by atoms with Crippen molar-refractivity contribution >= 4 is 23.2 Å². The number of carbonyl (C=O) groups excluding carboxylic acids is 1. The maximum absolute atomic E-state index is 12.4. The van der Waals surface area contributed by atoms with Crippen molar-refractivity contribution in [3.63, 3.8) is 0 Å². The van der Waals surface area contributed by atoms with Gasteiger partial charge in [-0.3, -0.25) is 9.78 Å². The molecule has 1 heterocycles. The number of nitrogens with zero attached hydrogens (tertiary/aromatic N) is 1. The standard InChI is InChI=1S/C13H8ClF3N2O/c14-11-5-6-18-7-10(11)12(20)19-9-3-1-8(2-4-9)13(15,16)17/h1-7H,(H,19,20). The van der Waals surface area contributed by atoms with Crippen molar-refractivity contribution in [2.24, 2.45) is 0 Å². The van der Waals surface area contributed by atoms with Crippen LogP contribution in [-0.4, -0.2) is 10.9 Å². The van der Waals surface area contributed by atoms with Crippen LogP contribution in [0, 0.1) is 0 Å². The van der Waals surface area contributed by atoms with E-state index in [2.05, 4.69) is 10.3 Å². The molecule has 0 aliphatic heterocycles. The monoisotopic (exact) mass is 300 g/mol. The first-order valence-corrected chi connectivity index (χ1v) is 5.84.